The first-order valence-corrected chi connectivity index (χ1v) is 16.6. The largest absolute Gasteiger partial charge is 0.456 e. The van der Waals surface area contributed by atoms with E-state index >= 15 is 0 Å². The molecular formula is C46H29NO2. The lowest BCUT2D eigenvalue weighted by molar-refractivity contribution is 0.668. The highest BCUT2D eigenvalue weighted by Crippen LogP contribution is 2.44. The molecule has 0 amide bonds. The molecule has 0 saturated heterocycles. The van der Waals surface area contributed by atoms with Gasteiger partial charge in [-0.15, -0.1) is 0 Å². The minimum atomic E-state index is 0.861. The van der Waals surface area contributed by atoms with E-state index in [1.54, 1.807) is 0 Å². The minimum Gasteiger partial charge on any atom is -0.456 e. The van der Waals surface area contributed by atoms with Crippen LogP contribution in [0.4, 0.5) is 17.1 Å². The summed E-state index contributed by atoms with van der Waals surface area (Å²) in [7, 11) is 0. The first-order chi connectivity index (χ1) is 24.3. The van der Waals surface area contributed by atoms with Crippen LogP contribution < -0.4 is 4.90 Å². The van der Waals surface area contributed by atoms with Crippen LogP contribution >= 0.6 is 0 Å². The summed E-state index contributed by atoms with van der Waals surface area (Å²) in [4.78, 5) is 2.34. The van der Waals surface area contributed by atoms with Gasteiger partial charge in [0.25, 0.3) is 0 Å². The SMILES string of the molecule is c1cc(-c2ccc(N(c3ccc4oc5ccccc5c4c3)c3cccc4oc5ccccc5c34)cc2)cc(-c2cccc3ccccc23)c1. The van der Waals surface area contributed by atoms with Gasteiger partial charge in [-0.3, -0.25) is 0 Å². The number of para-hydroxylation sites is 2. The highest BCUT2D eigenvalue weighted by Gasteiger charge is 2.20. The summed E-state index contributed by atoms with van der Waals surface area (Å²) >= 11 is 0. The smallest absolute Gasteiger partial charge is 0.137 e. The number of hydrogen-bond acceptors (Lipinski definition) is 3. The van der Waals surface area contributed by atoms with E-state index in [4.69, 9.17) is 8.83 Å². The molecule has 2 aromatic heterocycles. The van der Waals surface area contributed by atoms with Gasteiger partial charge in [0.15, 0.2) is 0 Å². The standard InChI is InChI=1S/C46H29NO2/c1-2-14-36-31(10-1)11-8-17-37(36)33-13-7-12-32(28-33)30-22-24-34(25-23-30)47(35-26-27-44-40(29-35)38-15-3-5-19-42(38)48-44)41-18-9-21-45-46(41)39-16-4-6-20-43(39)49-45/h1-29H. The molecule has 0 fully saturated rings. The highest BCUT2D eigenvalue weighted by molar-refractivity contribution is 6.14. The average molecular weight is 628 g/mol. The summed E-state index contributed by atoms with van der Waals surface area (Å²) in [6.45, 7) is 0. The van der Waals surface area contributed by atoms with Crippen LogP contribution in [0.15, 0.2) is 185 Å². The Morgan fingerprint density at radius 3 is 1.84 bits per heavy atom. The third-order valence-corrected chi connectivity index (χ3v) is 9.66. The number of fused-ring (bicyclic) bond motifs is 7. The number of nitrogens with zero attached hydrogens (tertiary/aromatic N) is 1. The molecule has 230 valence electrons. The van der Waals surface area contributed by atoms with Crippen LogP contribution in [0, 0.1) is 0 Å². The lowest BCUT2D eigenvalue weighted by Crippen LogP contribution is -2.10. The zero-order valence-electron chi connectivity index (χ0n) is 26.5. The monoisotopic (exact) mass is 627 g/mol. The second kappa shape index (κ2) is 11.0. The second-order valence-electron chi connectivity index (χ2n) is 12.5. The molecule has 0 saturated carbocycles. The fourth-order valence-corrected chi connectivity index (χ4v) is 7.37. The Balaban J connectivity index is 1.13. The van der Waals surface area contributed by atoms with Gasteiger partial charge < -0.3 is 13.7 Å². The fraction of sp³-hybridized carbons (Fsp3) is 0. The summed E-state index contributed by atoms with van der Waals surface area (Å²) in [6.07, 6.45) is 0. The van der Waals surface area contributed by atoms with Gasteiger partial charge >= 0.3 is 0 Å². The zero-order valence-corrected chi connectivity index (χ0v) is 26.5. The van der Waals surface area contributed by atoms with Crippen molar-refractivity contribution in [3.63, 3.8) is 0 Å². The van der Waals surface area contributed by atoms with Crippen LogP contribution in [-0.4, -0.2) is 0 Å². The van der Waals surface area contributed by atoms with Crippen molar-refractivity contribution < 1.29 is 8.83 Å². The van der Waals surface area contributed by atoms with Crippen molar-refractivity contribution in [3.05, 3.63) is 176 Å². The predicted molar refractivity (Wildman–Crippen MR) is 204 cm³/mol. The van der Waals surface area contributed by atoms with Gasteiger partial charge in [-0.05, 0) is 93.7 Å². The molecule has 0 radical (unpaired) electrons. The lowest BCUT2D eigenvalue weighted by atomic mass is 9.95. The Hall–Kier alpha value is -6.58. The molecule has 0 atom stereocenters. The van der Waals surface area contributed by atoms with Crippen LogP contribution in [0.2, 0.25) is 0 Å². The van der Waals surface area contributed by atoms with Crippen molar-refractivity contribution in [2.24, 2.45) is 0 Å². The molecule has 10 aromatic rings. The summed E-state index contributed by atoms with van der Waals surface area (Å²) in [5.74, 6) is 0. The van der Waals surface area contributed by atoms with Crippen molar-refractivity contribution in [1.29, 1.82) is 0 Å². The predicted octanol–water partition coefficient (Wildman–Crippen LogP) is 13.4. The molecule has 0 unspecified atom stereocenters. The second-order valence-corrected chi connectivity index (χ2v) is 12.5. The molecule has 3 nitrogen and oxygen atoms in total. The molecule has 0 aliphatic heterocycles. The number of rotatable bonds is 5. The van der Waals surface area contributed by atoms with Crippen LogP contribution in [0.25, 0.3) is 76.9 Å². The van der Waals surface area contributed by atoms with Crippen LogP contribution in [0.3, 0.4) is 0 Å². The Labute approximate surface area is 282 Å². The van der Waals surface area contributed by atoms with E-state index < -0.39 is 0 Å². The molecule has 3 heteroatoms. The summed E-state index contributed by atoms with van der Waals surface area (Å²) in [5.41, 5.74) is 11.4. The van der Waals surface area contributed by atoms with Gasteiger partial charge in [0.2, 0.25) is 0 Å². The van der Waals surface area contributed by atoms with Crippen molar-refractivity contribution in [1.82, 2.24) is 0 Å². The highest BCUT2D eigenvalue weighted by atomic mass is 16.3. The van der Waals surface area contributed by atoms with E-state index in [-0.39, 0.29) is 0 Å². The first kappa shape index (κ1) is 27.5. The maximum atomic E-state index is 6.34. The Morgan fingerprint density at radius 2 is 0.959 bits per heavy atom. The maximum Gasteiger partial charge on any atom is 0.137 e. The molecule has 0 aliphatic rings. The fourth-order valence-electron chi connectivity index (χ4n) is 7.37. The van der Waals surface area contributed by atoms with Crippen LogP contribution in [-0.2, 0) is 0 Å². The molecule has 2 heterocycles. The van der Waals surface area contributed by atoms with E-state index in [9.17, 15) is 0 Å². The summed E-state index contributed by atoms with van der Waals surface area (Å²) < 4.78 is 12.6. The van der Waals surface area contributed by atoms with Gasteiger partial charge in [0, 0.05) is 27.5 Å². The van der Waals surface area contributed by atoms with Crippen molar-refractivity contribution in [2.75, 3.05) is 4.90 Å². The van der Waals surface area contributed by atoms with Crippen LogP contribution in [0.1, 0.15) is 0 Å². The van der Waals surface area contributed by atoms with E-state index in [0.29, 0.717) is 0 Å². The molecule has 0 spiro atoms. The number of anilines is 3. The molecule has 0 aliphatic carbocycles. The normalized spacial score (nSPS) is 11.7. The van der Waals surface area contributed by atoms with Gasteiger partial charge in [0.1, 0.15) is 22.3 Å². The van der Waals surface area contributed by atoms with Crippen molar-refractivity contribution >= 4 is 71.7 Å². The lowest BCUT2D eigenvalue weighted by Gasteiger charge is -2.26. The molecule has 0 N–H and O–H groups in total. The van der Waals surface area contributed by atoms with E-state index in [1.807, 2.05) is 24.3 Å². The molecule has 10 rings (SSSR count). The van der Waals surface area contributed by atoms with Gasteiger partial charge in [-0.2, -0.15) is 0 Å². The minimum absolute atomic E-state index is 0.861. The van der Waals surface area contributed by atoms with Crippen LogP contribution in [0.5, 0.6) is 0 Å². The average Bonchev–Trinajstić information content (AvgIpc) is 3.74. The summed E-state index contributed by atoms with van der Waals surface area (Å²) in [6, 6.07) is 62.1. The van der Waals surface area contributed by atoms with Gasteiger partial charge in [0.05, 0.1) is 11.1 Å². The van der Waals surface area contributed by atoms with Crippen molar-refractivity contribution in [3.8, 4) is 22.3 Å². The van der Waals surface area contributed by atoms with E-state index in [0.717, 1.165) is 66.5 Å². The third-order valence-electron chi connectivity index (χ3n) is 9.66. The molecule has 0 bridgehead atoms. The quantitative estimate of drug-likeness (QED) is 0.190. The molecule has 49 heavy (non-hydrogen) atoms. The molecular weight excluding hydrogens is 599 g/mol. The summed E-state index contributed by atoms with van der Waals surface area (Å²) in [5, 5.41) is 6.88. The number of benzene rings is 8. The van der Waals surface area contributed by atoms with E-state index in [1.165, 1.54) is 27.5 Å². The Bertz CT molecular complexity index is 2830. The Morgan fingerprint density at radius 1 is 0.347 bits per heavy atom. The topological polar surface area (TPSA) is 29.5 Å². The first-order valence-electron chi connectivity index (χ1n) is 16.6. The van der Waals surface area contributed by atoms with E-state index in [2.05, 4.69) is 157 Å². The van der Waals surface area contributed by atoms with Gasteiger partial charge in [-0.25, -0.2) is 0 Å². The number of hydrogen-bond donors (Lipinski definition) is 0. The number of furan rings is 2. The van der Waals surface area contributed by atoms with Gasteiger partial charge in [-0.1, -0.05) is 115 Å². The Kier molecular flexibility index (Phi) is 6.18. The van der Waals surface area contributed by atoms with Crippen molar-refractivity contribution in [2.45, 2.75) is 0 Å². The molecule has 8 aromatic carbocycles. The zero-order chi connectivity index (χ0) is 32.3. The maximum absolute atomic E-state index is 6.34. The third kappa shape index (κ3) is 4.51.